The molecule has 8 heteroatoms. The maximum atomic E-state index is 11.7. The van der Waals surface area contributed by atoms with Crippen molar-refractivity contribution in [1.29, 1.82) is 0 Å². The minimum atomic E-state index is -0.306. The lowest BCUT2D eigenvalue weighted by Gasteiger charge is -2.03. The fourth-order valence-corrected chi connectivity index (χ4v) is 2.03. The molecule has 2 aromatic rings. The largest absolute Gasteiger partial charge is 0.504 e. The number of hydrazone groups is 1. The summed E-state index contributed by atoms with van der Waals surface area (Å²) < 4.78 is 4.93. The number of hydrogen-bond donors (Lipinski definition) is 4. The lowest BCUT2D eigenvalue weighted by molar-refractivity contribution is -0.121. The molecule has 0 atom stereocenters. The molecular weight excluding hydrogens is 300 g/mol. The molecule has 0 aliphatic carbocycles. The van der Waals surface area contributed by atoms with Gasteiger partial charge in [0.1, 0.15) is 0 Å². The number of phenols is 1. The molecule has 4 N–H and O–H groups in total. The van der Waals surface area contributed by atoms with Crippen molar-refractivity contribution in [2.75, 3.05) is 7.11 Å². The van der Waals surface area contributed by atoms with Gasteiger partial charge in [0.2, 0.25) is 5.91 Å². The molecule has 0 fully saturated rings. The summed E-state index contributed by atoms with van der Waals surface area (Å²) in [6.45, 7) is 1.76. The SMILES string of the molecule is COc1ccc(/C=N\NC(=O)CCc2c(C)[nH][nH]c2=O)cc1O. The van der Waals surface area contributed by atoms with Crippen LogP contribution >= 0.6 is 0 Å². The molecule has 1 heterocycles. The highest BCUT2D eigenvalue weighted by atomic mass is 16.5. The summed E-state index contributed by atoms with van der Waals surface area (Å²) in [6.07, 6.45) is 1.88. The Bertz CT molecular complexity index is 776. The Morgan fingerprint density at radius 3 is 2.83 bits per heavy atom. The van der Waals surface area contributed by atoms with Crippen LogP contribution in [0.25, 0.3) is 0 Å². The van der Waals surface area contributed by atoms with Crippen molar-refractivity contribution in [2.24, 2.45) is 5.10 Å². The van der Waals surface area contributed by atoms with Gasteiger partial charge in [-0.1, -0.05) is 0 Å². The third-order valence-electron chi connectivity index (χ3n) is 3.30. The summed E-state index contributed by atoms with van der Waals surface area (Å²) in [5.41, 5.74) is 4.05. The molecule has 0 aliphatic heterocycles. The van der Waals surface area contributed by atoms with Gasteiger partial charge < -0.3 is 14.9 Å². The number of aromatic nitrogens is 2. The lowest BCUT2D eigenvalue weighted by Crippen LogP contribution is -2.19. The van der Waals surface area contributed by atoms with E-state index in [0.717, 1.165) is 5.69 Å². The number of carbonyl (C=O) groups is 1. The van der Waals surface area contributed by atoms with Crippen molar-refractivity contribution in [1.82, 2.24) is 15.6 Å². The Balaban J connectivity index is 1.86. The smallest absolute Gasteiger partial charge is 0.267 e. The summed E-state index contributed by atoms with van der Waals surface area (Å²) in [5, 5.41) is 18.6. The maximum Gasteiger partial charge on any atom is 0.267 e. The van der Waals surface area contributed by atoms with Crippen LogP contribution in [0.2, 0.25) is 0 Å². The molecule has 0 unspecified atom stereocenters. The number of H-pyrrole nitrogens is 2. The average molecular weight is 318 g/mol. The second kappa shape index (κ2) is 7.30. The van der Waals surface area contributed by atoms with Crippen molar-refractivity contribution in [3.63, 3.8) is 0 Å². The molecule has 0 saturated heterocycles. The van der Waals surface area contributed by atoms with E-state index in [0.29, 0.717) is 23.3 Å². The number of benzene rings is 1. The van der Waals surface area contributed by atoms with E-state index in [1.54, 1.807) is 19.1 Å². The van der Waals surface area contributed by atoms with Gasteiger partial charge in [0, 0.05) is 17.7 Å². The number of methoxy groups -OCH3 is 1. The van der Waals surface area contributed by atoms with Crippen molar-refractivity contribution in [2.45, 2.75) is 19.8 Å². The highest BCUT2D eigenvalue weighted by Crippen LogP contribution is 2.25. The molecule has 0 saturated carbocycles. The Labute approximate surface area is 132 Å². The highest BCUT2D eigenvalue weighted by molar-refractivity contribution is 5.83. The number of hydrogen-bond acceptors (Lipinski definition) is 5. The van der Waals surface area contributed by atoms with Crippen molar-refractivity contribution < 1.29 is 14.6 Å². The first-order chi connectivity index (χ1) is 11.0. The predicted molar refractivity (Wildman–Crippen MR) is 84.9 cm³/mol. The van der Waals surface area contributed by atoms with Gasteiger partial charge in [0.15, 0.2) is 11.5 Å². The Kier molecular flexibility index (Phi) is 5.19. The molecule has 2 rings (SSSR count). The van der Waals surface area contributed by atoms with Crippen molar-refractivity contribution in [3.8, 4) is 11.5 Å². The molecule has 122 valence electrons. The number of carbonyl (C=O) groups excluding carboxylic acids is 1. The van der Waals surface area contributed by atoms with E-state index in [4.69, 9.17) is 4.74 Å². The normalized spacial score (nSPS) is 10.9. The molecule has 0 spiro atoms. The topological polar surface area (TPSA) is 120 Å². The van der Waals surface area contributed by atoms with Gasteiger partial charge in [-0.2, -0.15) is 5.10 Å². The number of aryl methyl sites for hydroxylation is 1. The molecule has 23 heavy (non-hydrogen) atoms. The van der Waals surface area contributed by atoms with Crippen molar-refractivity contribution >= 4 is 12.1 Å². The Morgan fingerprint density at radius 1 is 1.43 bits per heavy atom. The van der Waals surface area contributed by atoms with Crippen LogP contribution in [-0.2, 0) is 11.2 Å². The zero-order valence-corrected chi connectivity index (χ0v) is 12.8. The van der Waals surface area contributed by atoms with Crippen LogP contribution < -0.4 is 15.7 Å². The molecule has 0 aliphatic rings. The van der Waals surface area contributed by atoms with Crippen LogP contribution in [0.1, 0.15) is 23.2 Å². The van der Waals surface area contributed by atoms with Crippen LogP contribution in [-0.4, -0.2) is 34.5 Å². The second-order valence-corrected chi connectivity index (χ2v) is 4.91. The Hall–Kier alpha value is -3.03. The van der Waals surface area contributed by atoms with Gasteiger partial charge in [-0.3, -0.25) is 14.7 Å². The molecule has 1 aromatic carbocycles. The van der Waals surface area contributed by atoms with E-state index in [1.807, 2.05) is 0 Å². The number of nitrogens with zero attached hydrogens (tertiary/aromatic N) is 1. The van der Waals surface area contributed by atoms with Gasteiger partial charge >= 0.3 is 0 Å². The van der Waals surface area contributed by atoms with Gasteiger partial charge in [-0.25, -0.2) is 5.43 Å². The van der Waals surface area contributed by atoms with E-state index >= 15 is 0 Å². The molecule has 0 radical (unpaired) electrons. The Morgan fingerprint density at radius 2 is 2.22 bits per heavy atom. The fourth-order valence-electron chi connectivity index (χ4n) is 2.03. The summed E-state index contributed by atoms with van der Waals surface area (Å²) in [5.74, 6) is 0.0437. The van der Waals surface area contributed by atoms with E-state index < -0.39 is 0 Å². The second-order valence-electron chi connectivity index (χ2n) is 4.91. The standard InChI is InChI=1S/C15H18N4O4/c1-9-11(15(22)19-17-9)4-6-14(21)18-16-8-10-3-5-13(23-2)12(20)7-10/h3,5,7-8,20H,4,6H2,1-2H3,(H,18,21)(H2,17,19,22)/b16-8-. The average Bonchev–Trinajstić information content (AvgIpc) is 2.84. The van der Waals surface area contributed by atoms with Gasteiger partial charge in [-0.15, -0.1) is 0 Å². The molecule has 0 bridgehead atoms. The third kappa shape index (κ3) is 4.22. The van der Waals surface area contributed by atoms with Gasteiger partial charge in [-0.05, 0) is 37.1 Å². The predicted octanol–water partition coefficient (Wildman–Crippen LogP) is 0.809. The summed E-state index contributed by atoms with van der Waals surface area (Å²) >= 11 is 0. The first kappa shape index (κ1) is 16.3. The number of aromatic hydroxyl groups is 1. The van der Waals surface area contributed by atoms with Crippen LogP contribution in [0.3, 0.4) is 0 Å². The fraction of sp³-hybridized carbons (Fsp3) is 0.267. The van der Waals surface area contributed by atoms with Gasteiger partial charge in [0.05, 0.1) is 13.3 Å². The summed E-state index contributed by atoms with van der Waals surface area (Å²) in [6, 6.07) is 4.76. The zero-order valence-electron chi connectivity index (χ0n) is 12.8. The third-order valence-corrected chi connectivity index (χ3v) is 3.30. The number of ether oxygens (including phenoxy) is 1. The number of rotatable bonds is 6. The number of phenolic OH excluding ortho intramolecular Hbond substituents is 1. The highest BCUT2D eigenvalue weighted by Gasteiger charge is 2.08. The summed E-state index contributed by atoms with van der Waals surface area (Å²) in [7, 11) is 1.46. The van der Waals surface area contributed by atoms with Crippen LogP contribution in [0.5, 0.6) is 11.5 Å². The maximum absolute atomic E-state index is 11.7. The van der Waals surface area contributed by atoms with Gasteiger partial charge in [0.25, 0.3) is 5.56 Å². The quantitative estimate of drug-likeness (QED) is 0.465. The molecule has 1 aromatic heterocycles. The lowest BCUT2D eigenvalue weighted by atomic mass is 10.1. The zero-order chi connectivity index (χ0) is 16.8. The molecule has 8 nitrogen and oxygen atoms in total. The van der Waals surface area contributed by atoms with E-state index in [-0.39, 0.29) is 23.6 Å². The van der Waals surface area contributed by atoms with Crippen LogP contribution in [0.4, 0.5) is 0 Å². The minimum Gasteiger partial charge on any atom is -0.504 e. The first-order valence-electron chi connectivity index (χ1n) is 6.96. The first-order valence-corrected chi connectivity index (χ1v) is 6.96. The number of aromatic amines is 2. The summed E-state index contributed by atoms with van der Waals surface area (Å²) in [4.78, 5) is 23.2. The number of amides is 1. The number of nitrogens with one attached hydrogen (secondary N) is 3. The molecular formula is C15H18N4O4. The van der Waals surface area contributed by atoms with E-state index in [1.165, 1.54) is 19.4 Å². The van der Waals surface area contributed by atoms with Crippen LogP contribution in [0.15, 0.2) is 28.1 Å². The van der Waals surface area contributed by atoms with Crippen molar-refractivity contribution in [3.05, 3.63) is 45.4 Å². The monoisotopic (exact) mass is 318 g/mol. The minimum absolute atomic E-state index is 0.00932. The molecule has 1 amide bonds. The van der Waals surface area contributed by atoms with E-state index in [9.17, 15) is 14.7 Å². The van der Waals surface area contributed by atoms with Crippen LogP contribution in [0, 0.1) is 6.92 Å². The van der Waals surface area contributed by atoms with E-state index in [2.05, 4.69) is 20.7 Å².